The van der Waals surface area contributed by atoms with Crippen LogP contribution in [0.3, 0.4) is 0 Å². The van der Waals surface area contributed by atoms with Gasteiger partial charge in [0.1, 0.15) is 5.75 Å². The number of hydrogen-bond donors (Lipinski definition) is 2. The topological polar surface area (TPSA) is 69.6 Å². The lowest BCUT2D eigenvalue weighted by molar-refractivity contribution is -0.132. The molecule has 0 saturated heterocycles. The standard InChI is InChI=1S/C20H24N2O3/c1-15-7-9-16(10-8-15)11-12-19(24)21-13-20(25)22(2)14-17-5-3-4-6-18(17)23/h3-10,23H,11-14H2,1-2H3,(H,21,24). The summed E-state index contributed by atoms with van der Waals surface area (Å²) < 4.78 is 0. The maximum Gasteiger partial charge on any atom is 0.242 e. The largest absolute Gasteiger partial charge is 0.508 e. The zero-order chi connectivity index (χ0) is 18.2. The molecule has 5 nitrogen and oxygen atoms in total. The van der Waals surface area contributed by atoms with Crippen LogP contribution in [0.4, 0.5) is 0 Å². The van der Waals surface area contributed by atoms with Crippen molar-refractivity contribution in [2.24, 2.45) is 0 Å². The van der Waals surface area contributed by atoms with Gasteiger partial charge in [-0.05, 0) is 25.0 Å². The minimum atomic E-state index is -0.202. The highest BCUT2D eigenvalue weighted by Crippen LogP contribution is 2.17. The molecule has 0 bridgehead atoms. The molecule has 5 heteroatoms. The monoisotopic (exact) mass is 340 g/mol. The van der Waals surface area contributed by atoms with Crippen molar-refractivity contribution in [2.75, 3.05) is 13.6 Å². The minimum Gasteiger partial charge on any atom is -0.508 e. The highest BCUT2D eigenvalue weighted by molar-refractivity contribution is 5.84. The van der Waals surface area contributed by atoms with Gasteiger partial charge in [-0.25, -0.2) is 0 Å². The Balaban J connectivity index is 1.74. The number of aryl methyl sites for hydroxylation is 2. The third-order valence-corrected chi connectivity index (χ3v) is 4.02. The van der Waals surface area contributed by atoms with E-state index >= 15 is 0 Å². The molecule has 132 valence electrons. The summed E-state index contributed by atoms with van der Waals surface area (Å²) in [4.78, 5) is 25.5. The Kier molecular flexibility index (Phi) is 6.57. The van der Waals surface area contributed by atoms with Gasteiger partial charge in [0.05, 0.1) is 6.54 Å². The fraction of sp³-hybridized carbons (Fsp3) is 0.300. The van der Waals surface area contributed by atoms with Crippen LogP contribution in [0.25, 0.3) is 0 Å². The van der Waals surface area contributed by atoms with Crippen LogP contribution in [0.2, 0.25) is 0 Å². The number of carbonyl (C=O) groups excluding carboxylic acids is 2. The van der Waals surface area contributed by atoms with Gasteiger partial charge < -0.3 is 15.3 Å². The second-order valence-electron chi connectivity index (χ2n) is 6.14. The summed E-state index contributed by atoms with van der Waals surface area (Å²) in [5.74, 6) is -0.193. The van der Waals surface area contributed by atoms with E-state index in [1.54, 1.807) is 31.3 Å². The number of hydrogen-bond acceptors (Lipinski definition) is 3. The highest BCUT2D eigenvalue weighted by Gasteiger charge is 2.12. The molecule has 2 aromatic carbocycles. The van der Waals surface area contributed by atoms with E-state index in [0.717, 1.165) is 5.56 Å². The van der Waals surface area contributed by atoms with Gasteiger partial charge in [-0.1, -0.05) is 48.0 Å². The molecule has 2 aromatic rings. The number of likely N-dealkylation sites (N-methyl/N-ethyl adjacent to an activating group) is 1. The van der Waals surface area contributed by atoms with Crippen molar-refractivity contribution in [3.05, 3.63) is 65.2 Å². The van der Waals surface area contributed by atoms with Crippen molar-refractivity contribution in [2.45, 2.75) is 26.3 Å². The Morgan fingerprint density at radius 2 is 1.76 bits per heavy atom. The Morgan fingerprint density at radius 3 is 2.44 bits per heavy atom. The predicted octanol–water partition coefficient (Wildman–Crippen LogP) is 2.41. The van der Waals surface area contributed by atoms with Gasteiger partial charge in [-0.15, -0.1) is 0 Å². The summed E-state index contributed by atoms with van der Waals surface area (Å²) in [5.41, 5.74) is 2.96. The lowest BCUT2D eigenvalue weighted by atomic mass is 10.1. The molecule has 2 rings (SSSR count). The van der Waals surface area contributed by atoms with Gasteiger partial charge in [0.25, 0.3) is 0 Å². The molecule has 0 radical (unpaired) electrons. The van der Waals surface area contributed by atoms with Crippen molar-refractivity contribution < 1.29 is 14.7 Å². The van der Waals surface area contributed by atoms with Gasteiger partial charge in [0.2, 0.25) is 11.8 Å². The number of nitrogens with one attached hydrogen (secondary N) is 1. The number of amides is 2. The molecule has 0 aliphatic heterocycles. The highest BCUT2D eigenvalue weighted by atomic mass is 16.3. The molecule has 0 heterocycles. The van der Waals surface area contributed by atoms with Gasteiger partial charge in [0, 0.05) is 25.6 Å². The third kappa shape index (κ3) is 5.95. The zero-order valence-electron chi connectivity index (χ0n) is 14.7. The lowest BCUT2D eigenvalue weighted by Crippen LogP contribution is -2.37. The maximum absolute atomic E-state index is 12.1. The van der Waals surface area contributed by atoms with E-state index in [0.29, 0.717) is 24.9 Å². The Morgan fingerprint density at radius 1 is 1.08 bits per heavy atom. The molecule has 0 aromatic heterocycles. The Labute approximate surface area is 148 Å². The molecule has 0 aliphatic rings. The summed E-state index contributed by atoms with van der Waals surface area (Å²) in [6, 6.07) is 14.9. The number of rotatable bonds is 7. The molecule has 0 saturated carbocycles. The first-order valence-corrected chi connectivity index (χ1v) is 8.29. The fourth-order valence-corrected chi connectivity index (χ4v) is 2.40. The van der Waals surface area contributed by atoms with Crippen LogP contribution in [0.1, 0.15) is 23.1 Å². The number of phenols is 1. The summed E-state index contributed by atoms with van der Waals surface area (Å²) in [7, 11) is 1.65. The predicted molar refractivity (Wildman–Crippen MR) is 97.1 cm³/mol. The lowest BCUT2D eigenvalue weighted by Gasteiger charge is -2.18. The number of nitrogens with zero attached hydrogens (tertiary/aromatic N) is 1. The summed E-state index contributed by atoms with van der Waals surface area (Å²) in [6.07, 6.45) is 0.994. The minimum absolute atomic E-state index is 0.0448. The Hall–Kier alpha value is -2.82. The SMILES string of the molecule is Cc1ccc(CCC(=O)NCC(=O)N(C)Cc2ccccc2O)cc1. The van der Waals surface area contributed by atoms with Gasteiger partial charge in [0.15, 0.2) is 0 Å². The quantitative estimate of drug-likeness (QED) is 0.813. The second kappa shape index (κ2) is 8.87. The van der Waals surface area contributed by atoms with Crippen LogP contribution >= 0.6 is 0 Å². The molecular formula is C20H24N2O3. The number of para-hydroxylation sites is 1. The van der Waals surface area contributed by atoms with Crippen LogP contribution in [0.15, 0.2) is 48.5 Å². The smallest absolute Gasteiger partial charge is 0.242 e. The fourth-order valence-electron chi connectivity index (χ4n) is 2.40. The molecule has 0 fully saturated rings. The molecule has 0 aliphatic carbocycles. The molecular weight excluding hydrogens is 316 g/mol. The van der Waals surface area contributed by atoms with E-state index in [9.17, 15) is 14.7 Å². The van der Waals surface area contributed by atoms with Crippen molar-refractivity contribution in [1.82, 2.24) is 10.2 Å². The van der Waals surface area contributed by atoms with E-state index < -0.39 is 0 Å². The van der Waals surface area contributed by atoms with Crippen molar-refractivity contribution in [3.8, 4) is 5.75 Å². The average molecular weight is 340 g/mol. The van der Waals surface area contributed by atoms with E-state index in [-0.39, 0.29) is 24.1 Å². The maximum atomic E-state index is 12.1. The van der Waals surface area contributed by atoms with Crippen LogP contribution in [0, 0.1) is 6.92 Å². The molecule has 0 atom stereocenters. The van der Waals surface area contributed by atoms with Gasteiger partial charge >= 0.3 is 0 Å². The summed E-state index contributed by atoms with van der Waals surface area (Å²) in [6.45, 7) is 2.27. The van der Waals surface area contributed by atoms with Crippen LogP contribution < -0.4 is 5.32 Å². The van der Waals surface area contributed by atoms with E-state index in [1.807, 2.05) is 31.2 Å². The summed E-state index contributed by atoms with van der Waals surface area (Å²) >= 11 is 0. The van der Waals surface area contributed by atoms with Crippen molar-refractivity contribution >= 4 is 11.8 Å². The van der Waals surface area contributed by atoms with Crippen LogP contribution in [-0.4, -0.2) is 35.4 Å². The van der Waals surface area contributed by atoms with E-state index in [2.05, 4.69) is 5.32 Å². The van der Waals surface area contributed by atoms with E-state index in [4.69, 9.17) is 0 Å². The first-order valence-electron chi connectivity index (χ1n) is 8.29. The third-order valence-electron chi connectivity index (χ3n) is 4.02. The molecule has 2 N–H and O–H groups in total. The Bertz CT molecular complexity index is 726. The van der Waals surface area contributed by atoms with Crippen LogP contribution in [0.5, 0.6) is 5.75 Å². The van der Waals surface area contributed by atoms with Gasteiger partial charge in [-0.2, -0.15) is 0 Å². The molecule has 0 unspecified atom stereocenters. The van der Waals surface area contributed by atoms with Crippen molar-refractivity contribution in [1.29, 1.82) is 0 Å². The number of phenolic OH excluding ortho intramolecular Hbond substituents is 1. The number of benzene rings is 2. The van der Waals surface area contributed by atoms with Gasteiger partial charge in [-0.3, -0.25) is 9.59 Å². The number of carbonyl (C=O) groups is 2. The zero-order valence-corrected chi connectivity index (χ0v) is 14.7. The first-order chi connectivity index (χ1) is 12.0. The number of aromatic hydroxyl groups is 1. The molecule has 2 amide bonds. The second-order valence-corrected chi connectivity index (χ2v) is 6.14. The van der Waals surface area contributed by atoms with E-state index in [1.165, 1.54) is 10.5 Å². The van der Waals surface area contributed by atoms with Crippen LogP contribution in [-0.2, 0) is 22.6 Å². The average Bonchev–Trinajstić information content (AvgIpc) is 2.61. The molecule has 25 heavy (non-hydrogen) atoms. The summed E-state index contributed by atoms with van der Waals surface area (Å²) in [5, 5.41) is 12.4. The van der Waals surface area contributed by atoms with Crippen molar-refractivity contribution in [3.63, 3.8) is 0 Å². The first kappa shape index (κ1) is 18.5. The molecule has 0 spiro atoms. The normalized spacial score (nSPS) is 10.3.